The van der Waals surface area contributed by atoms with E-state index < -0.39 is 5.76 Å². The Morgan fingerprint density at radius 1 is 1.32 bits per heavy atom. The van der Waals surface area contributed by atoms with Crippen molar-refractivity contribution in [1.82, 2.24) is 14.8 Å². The minimum Gasteiger partial charge on any atom is -0.408 e. The van der Waals surface area contributed by atoms with Crippen LogP contribution in [0.1, 0.15) is 16.8 Å². The minimum absolute atomic E-state index is 0.0126. The molecule has 0 spiro atoms. The zero-order chi connectivity index (χ0) is 15.5. The standard InChI is InChI=1S/C15H19N3O4/c19-9-1-6-18-12-3-2-11(10-13(12)22-15(18)21)14(20)17-7-4-16-5-8-17/h2-3,10,16,19H,1,4-9H2. The molecule has 2 heterocycles. The molecule has 22 heavy (non-hydrogen) atoms. The lowest BCUT2D eigenvalue weighted by Gasteiger charge is -2.27. The van der Waals surface area contributed by atoms with Gasteiger partial charge in [0, 0.05) is 44.9 Å². The third-order valence-corrected chi connectivity index (χ3v) is 3.86. The molecule has 0 atom stereocenters. The number of aliphatic hydroxyl groups is 1. The second-order valence-electron chi connectivity index (χ2n) is 5.32. The molecular weight excluding hydrogens is 286 g/mol. The minimum atomic E-state index is -0.463. The maximum atomic E-state index is 12.4. The smallest absolute Gasteiger partial charge is 0.408 e. The zero-order valence-electron chi connectivity index (χ0n) is 12.2. The number of carbonyl (C=O) groups excluding carboxylic acids is 1. The summed E-state index contributed by atoms with van der Waals surface area (Å²) in [6.07, 6.45) is 0.482. The van der Waals surface area contributed by atoms with Crippen LogP contribution in [0, 0.1) is 0 Å². The molecule has 1 aromatic heterocycles. The molecule has 1 aromatic carbocycles. The highest BCUT2D eigenvalue weighted by molar-refractivity contribution is 5.97. The highest BCUT2D eigenvalue weighted by Gasteiger charge is 2.19. The number of hydrogen-bond acceptors (Lipinski definition) is 5. The fraction of sp³-hybridized carbons (Fsp3) is 0.467. The second-order valence-corrected chi connectivity index (χ2v) is 5.32. The SMILES string of the molecule is O=C(c1ccc2c(c1)oc(=O)n2CCCO)N1CCNCC1. The average Bonchev–Trinajstić information content (AvgIpc) is 2.87. The molecule has 2 N–H and O–H groups in total. The molecule has 7 heteroatoms. The lowest BCUT2D eigenvalue weighted by molar-refractivity contribution is 0.0736. The summed E-state index contributed by atoms with van der Waals surface area (Å²) in [5, 5.41) is 12.1. The Balaban J connectivity index is 1.90. The van der Waals surface area contributed by atoms with Gasteiger partial charge in [-0.15, -0.1) is 0 Å². The fourth-order valence-electron chi connectivity index (χ4n) is 2.69. The lowest BCUT2D eigenvalue weighted by atomic mass is 10.1. The van der Waals surface area contributed by atoms with Gasteiger partial charge in [-0.1, -0.05) is 0 Å². The van der Waals surface area contributed by atoms with Crippen LogP contribution in [0.3, 0.4) is 0 Å². The van der Waals surface area contributed by atoms with Crippen molar-refractivity contribution in [3.05, 3.63) is 34.3 Å². The number of nitrogens with zero attached hydrogens (tertiary/aromatic N) is 2. The number of rotatable bonds is 4. The van der Waals surface area contributed by atoms with Crippen LogP contribution < -0.4 is 11.1 Å². The molecule has 0 saturated carbocycles. The Labute approximate surface area is 127 Å². The van der Waals surface area contributed by atoms with Gasteiger partial charge in [0.05, 0.1) is 5.52 Å². The van der Waals surface area contributed by atoms with Crippen molar-refractivity contribution in [2.45, 2.75) is 13.0 Å². The number of aryl methyl sites for hydroxylation is 1. The van der Waals surface area contributed by atoms with Crippen LogP contribution in [0.5, 0.6) is 0 Å². The van der Waals surface area contributed by atoms with Crippen molar-refractivity contribution in [2.75, 3.05) is 32.8 Å². The first kappa shape index (κ1) is 14.8. The van der Waals surface area contributed by atoms with E-state index in [-0.39, 0.29) is 12.5 Å². The van der Waals surface area contributed by atoms with E-state index in [1.165, 1.54) is 4.57 Å². The monoisotopic (exact) mass is 305 g/mol. The molecule has 1 fully saturated rings. The van der Waals surface area contributed by atoms with E-state index in [1.807, 2.05) is 0 Å². The third-order valence-electron chi connectivity index (χ3n) is 3.86. The molecule has 0 aliphatic carbocycles. The van der Waals surface area contributed by atoms with Gasteiger partial charge < -0.3 is 19.7 Å². The predicted octanol–water partition coefficient (Wildman–Crippen LogP) is 0.0223. The lowest BCUT2D eigenvalue weighted by Crippen LogP contribution is -2.46. The summed E-state index contributed by atoms with van der Waals surface area (Å²) in [6, 6.07) is 5.07. The van der Waals surface area contributed by atoms with Crippen LogP contribution in [0.15, 0.2) is 27.4 Å². The van der Waals surface area contributed by atoms with Crippen molar-refractivity contribution in [2.24, 2.45) is 0 Å². The third kappa shape index (κ3) is 2.77. The average molecular weight is 305 g/mol. The molecule has 118 valence electrons. The summed E-state index contributed by atoms with van der Waals surface area (Å²) in [7, 11) is 0. The first-order valence-electron chi connectivity index (χ1n) is 7.45. The predicted molar refractivity (Wildman–Crippen MR) is 81.0 cm³/mol. The first-order valence-corrected chi connectivity index (χ1v) is 7.45. The Hall–Kier alpha value is -2.12. The van der Waals surface area contributed by atoms with E-state index in [4.69, 9.17) is 9.52 Å². The molecular formula is C15H19N3O4. The van der Waals surface area contributed by atoms with E-state index >= 15 is 0 Å². The zero-order valence-corrected chi connectivity index (χ0v) is 12.2. The summed E-state index contributed by atoms with van der Waals surface area (Å²) in [5.41, 5.74) is 1.58. The van der Waals surface area contributed by atoms with Crippen molar-refractivity contribution in [1.29, 1.82) is 0 Å². The van der Waals surface area contributed by atoms with E-state index in [9.17, 15) is 9.59 Å². The normalized spacial score (nSPS) is 15.4. The number of hydrogen-bond donors (Lipinski definition) is 2. The van der Waals surface area contributed by atoms with E-state index in [0.29, 0.717) is 42.7 Å². The van der Waals surface area contributed by atoms with Crippen molar-refractivity contribution < 1.29 is 14.3 Å². The summed E-state index contributed by atoms with van der Waals surface area (Å²) in [5.74, 6) is -0.510. The molecule has 7 nitrogen and oxygen atoms in total. The molecule has 0 radical (unpaired) electrons. The van der Waals surface area contributed by atoms with Crippen LogP contribution in [0.2, 0.25) is 0 Å². The number of aromatic nitrogens is 1. The number of aliphatic hydroxyl groups excluding tert-OH is 1. The maximum absolute atomic E-state index is 12.4. The van der Waals surface area contributed by atoms with E-state index in [2.05, 4.69) is 5.32 Å². The number of piperazine rings is 1. The Morgan fingerprint density at radius 2 is 2.09 bits per heavy atom. The summed E-state index contributed by atoms with van der Waals surface area (Å²) < 4.78 is 6.69. The Bertz CT molecular complexity index is 728. The van der Waals surface area contributed by atoms with Crippen molar-refractivity contribution in [3.8, 4) is 0 Å². The number of oxazole rings is 1. The van der Waals surface area contributed by atoms with Crippen LogP contribution in [0.4, 0.5) is 0 Å². The van der Waals surface area contributed by atoms with Crippen LogP contribution in [-0.2, 0) is 6.54 Å². The molecule has 0 bridgehead atoms. The number of benzene rings is 1. The van der Waals surface area contributed by atoms with Gasteiger partial charge in [0.15, 0.2) is 5.58 Å². The summed E-state index contributed by atoms with van der Waals surface area (Å²) in [4.78, 5) is 26.1. The Kier molecular flexibility index (Phi) is 4.26. The van der Waals surface area contributed by atoms with E-state index in [0.717, 1.165) is 13.1 Å². The van der Waals surface area contributed by atoms with Gasteiger partial charge in [-0.2, -0.15) is 0 Å². The molecule has 3 rings (SSSR count). The summed E-state index contributed by atoms with van der Waals surface area (Å²) in [6.45, 7) is 3.35. The largest absolute Gasteiger partial charge is 0.419 e. The highest BCUT2D eigenvalue weighted by Crippen LogP contribution is 2.17. The van der Waals surface area contributed by atoms with Crippen molar-refractivity contribution in [3.63, 3.8) is 0 Å². The molecule has 1 aliphatic heterocycles. The van der Waals surface area contributed by atoms with Gasteiger partial charge in [0.2, 0.25) is 0 Å². The molecule has 1 aliphatic rings. The van der Waals surface area contributed by atoms with Crippen molar-refractivity contribution >= 4 is 17.0 Å². The number of nitrogens with one attached hydrogen (secondary N) is 1. The molecule has 1 saturated heterocycles. The topological polar surface area (TPSA) is 87.7 Å². The molecule has 1 amide bonds. The van der Waals surface area contributed by atoms with Crippen LogP contribution in [-0.4, -0.2) is 53.3 Å². The molecule has 0 unspecified atom stereocenters. The Morgan fingerprint density at radius 3 is 2.82 bits per heavy atom. The maximum Gasteiger partial charge on any atom is 0.419 e. The number of amides is 1. The highest BCUT2D eigenvalue weighted by atomic mass is 16.4. The van der Waals surface area contributed by atoms with Gasteiger partial charge in [0.25, 0.3) is 5.91 Å². The fourth-order valence-corrected chi connectivity index (χ4v) is 2.69. The second kappa shape index (κ2) is 6.33. The van der Waals surface area contributed by atoms with Gasteiger partial charge >= 0.3 is 5.76 Å². The van der Waals surface area contributed by atoms with Gasteiger partial charge in [-0.05, 0) is 24.6 Å². The number of fused-ring (bicyclic) bond motifs is 1. The van der Waals surface area contributed by atoms with Gasteiger partial charge in [-0.3, -0.25) is 9.36 Å². The van der Waals surface area contributed by atoms with E-state index in [1.54, 1.807) is 23.1 Å². The quantitative estimate of drug-likeness (QED) is 0.831. The van der Waals surface area contributed by atoms with Crippen LogP contribution in [0.25, 0.3) is 11.1 Å². The first-order chi connectivity index (χ1) is 10.7. The van der Waals surface area contributed by atoms with Gasteiger partial charge in [-0.25, -0.2) is 4.79 Å². The summed E-state index contributed by atoms with van der Waals surface area (Å²) >= 11 is 0. The molecule has 2 aromatic rings. The van der Waals surface area contributed by atoms with Crippen LogP contribution >= 0.6 is 0 Å². The number of carbonyl (C=O) groups is 1. The van der Waals surface area contributed by atoms with Gasteiger partial charge in [0.1, 0.15) is 0 Å².